The maximum absolute atomic E-state index is 11.3. The average molecular weight is 210 g/mol. The molecule has 0 aliphatic rings. The Bertz CT molecular complexity index is 282. The minimum absolute atomic E-state index is 0.0482. The molecule has 84 valence electrons. The summed E-state index contributed by atoms with van der Waals surface area (Å²) < 4.78 is 0. The Labute approximate surface area is 89.5 Å². The molecule has 0 aliphatic carbocycles. The molecule has 0 fully saturated rings. The number of amides is 1. The Hall–Kier alpha value is -1.36. The van der Waals surface area contributed by atoms with Gasteiger partial charge in [0.1, 0.15) is 5.82 Å². The van der Waals surface area contributed by atoms with Crippen LogP contribution in [-0.4, -0.2) is 21.9 Å². The molecule has 0 spiro atoms. The smallest absolute Gasteiger partial charge is 0.220 e. The summed E-state index contributed by atoms with van der Waals surface area (Å²) in [7, 11) is 0. The van der Waals surface area contributed by atoms with Crippen molar-refractivity contribution < 1.29 is 4.79 Å². The van der Waals surface area contributed by atoms with E-state index >= 15 is 0 Å². The summed E-state index contributed by atoms with van der Waals surface area (Å²) in [5.74, 6) is 0.822. The lowest BCUT2D eigenvalue weighted by Crippen LogP contribution is -2.24. The first-order valence-electron chi connectivity index (χ1n) is 5.19. The molecular formula is C10H18N4O. The summed E-state index contributed by atoms with van der Waals surface area (Å²) in [6.45, 7) is 2.41. The van der Waals surface area contributed by atoms with E-state index in [1.165, 1.54) is 0 Å². The van der Waals surface area contributed by atoms with Gasteiger partial charge in [0.2, 0.25) is 5.91 Å². The highest BCUT2D eigenvalue weighted by Crippen LogP contribution is 1.98. The number of hydrogen-bond acceptors (Lipinski definition) is 3. The van der Waals surface area contributed by atoms with Crippen molar-refractivity contribution in [3.8, 4) is 0 Å². The van der Waals surface area contributed by atoms with Gasteiger partial charge in [-0.15, -0.1) is 0 Å². The molecule has 0 saturated heterocycles. The number of nitrogens with zero attached hydrogens (tertiary/aromatic N) is 1. The summed E-state index contributed by atoms with van der Waals surface area (Å²) in [5.41, 5.74) is 5.58. The van der Waals surface area contributed by atoms with Crippen LogP contribution in [0.2, 0.25) is 0 Å². The molecule has 1 unspecified atom stereocenters. The van der Waals surface area contributed by atoms with E-state index in [4.69, 9.17) is 5.73 Å². The van der Waals surface area contributed by atoms with Crippen molar-refractivity contribution in [2.45, 2.75) is 38.8 Å². The van der Waals surface area contributed by atoms with Gasteiger partial charge in [-0.05, 0) is 19.8 Å². The summed E-state index contributed by atoms with van der Waals surface area (Å²) >= 11 is 0. The fraction of sp³-hybridized carbons (Fsp3) is 0.600. The molecule has 0 aliphatic heterocycles. The van der Waals surface area contributed by atoms with Crippen molar-refractivity contribution in [2.24, 2.45) is 5.73 Å². The first kappa shape index (κ1) is 11.7. The van der Waals surface area contributed by atoms with Crippen LogP contribution >= 0.6 is 0 Å². The second-order valence-corrected chi connectivity index (χ2v) is 3.68. The van der Waals surface area contributed by atoms with E-state index in [2.05, 4.69) is 15.3 Å². The van der Waals surface area contributed by atoms with Gasteiger partial charge < -0.3 is 16.0 Å². The van der Waals surface area contributed by atoms with E-state index in [1.807, 2.05) is 6.92 Å². The molecule has 1 amide bonds. The van der Waals surface area contributed by atoms with Crippen molar-refractivity contribution in [3.05, 3.63) is 18.2 Å². The molecule has 1 rings (SSSR count). The number of aromatic amines is 1. The molecule has 1 atom stereocenters. The Balaban J connectivity index is 2.09. The topological polar surface area (TPSA) is 83.8 Å². The summed E-state index contributed by atoms with van der Waals surface area (Å²) in [6, 6.07) is 0.169. The number of carbonyl (C=O) groups is 1. The van der Waals surface area contributed by atoms with Gasteiger partial charge in [0.25, 0.3) is 0 Å². The number of nitrogens with one attached hydrogen (secondary N) is 2. The molecule has 5 heteroatoms. The highest BCUT2D eigenvalue weighted by atomic mass is 16.1. The van der Waals surface area contributed by atoms with Gasteiger partial charge in [0.05, 0.1) is 6.54 Å². The number of hydrogen-bond donors (Lipinski definition) is 3. The van der Waals surface area contributed by atoms with Crippen LogP contribution in [0, 0.1) is 0 Å². The zero-order chi connectivity index (χ0) is 11.1. The number of carbonyl (C=O) groups excluding carboxylic acids is 1. The van der Waals surface area contributed by atoms with Crippen molar-refractivity contribution in [3.63, 3.8) is 0 Å². The normalized spacial score (nSPS) is 12.4. The van der Waals surface area contributed by atoms with Crippen LogP contribution in [0.1, 0.15) is 32.0 Å². The maximum Gasteiger partial charge on any atom is 0.220 e. The molecule has 0 radical (unpaired) electrons. The predicted octanol–water partition coefficient (Wildman–Crippen LogP) is 0.543. The lowest BCUT2D eigenvalue weighted by atomic mass is 10.1. The fourth-order valence-corrected chi connectivity index (χ4v) is 1.25. The van der Waals surface area contributed by atoms with E-state index in [0.29, 0.717) is 13.0 Å². The van der Waals surface area contributed by atoms with Gasteiger partial charge in [-0.1, -0.05) is 0 Å². The largest absolute Gasteiger partial charge is 0.349 e. The molecule has 4 N–H and O–H groups in total. The van der Waals surface area contributed by atoms with Crippen molar-refractivity contribution in [1.82, 2.24) is 15.3 Å². The van der Waals surface area contributed by atoms with Crippen LogP contribution in [0.4, 0.5) is 0 Å². The number of H-pyrrole nitrogens is 1. The molecule has 15 heavy (non-hydrogen) atoms. The maximum atomic E-state index is 11.3. The first-order chi connectivity index (χ1) is 7.18. The predicted molar refractivity (Wildman–Crippen MR) is 57.9 cm³/mol. The van der Waals surface area contributed by atoms with Gasteiger partial charge in [-0.25, -0.2) is 4.98 Å². The zero-order valence-corrected chi connectivity index (χ0v) is 8.99. The van der Waals surface area contributed by atoms with Crippen LogP contribution in [-0.2, 0) is 11.3 Å². The van der Waals surface area contributed by atoms with E-state index in [0.717, 1.165) is 18.7 Å². The van der Waals surface area contributed by atoms with Gasteiger partial charge in [-0.3, -0.25) is 4.79 Å². The van der Waals surface area contributed by atoms with E-state index < -0.39 is 0 Å². The van der Waals surface area contributed by atoms with Crippen LogP contribution < -0.4 is 11.1 Å². The molecule has 1 aromatic rings. The summed E-state index contributed by atoms with van der Waals surface area (Å²) in [6.07, 6.45) is 5.65. The van der Waals surface area contributed by atoms with Gasteiger partial charge in [-0.2, -0.15) is 0 Å². The van der Waals surface area contributed by atoms with E-state index in [9.17, 15) is 4.79 Å². The summed E-state index contributed by atoms with van der Waals surface area (Å²) in [4.78, 5) is 18.3. The monoisotopic (exact) mass is 210 g/mol. The number of imidazole rings is 1. The molecule has 1 aromatic heterocycles. The van der Waals surface area contributed by atoms with Crippen LogP contribution in [0.3, 0.4) is 0 Å². The first-order valence-corrected chi connectivity index (χ1v) is 5.19. The molecule has 0 aromatic carbocycles. The van der Waals surface area contributed by atoms with Crippen LogP contribution in [0.25, 0.3) is 0 Å². The Morgan fingerprint density at radius 1 is 1.73 bits per heavy atom. The van der Waals surface area contributed by atoms with Crippen molar-refractivity contribution in [1.29, 1.82) is 0 Å². The fourth-order valence-electron chi connectivity index (χ4n) is 1.25. The van der Waals surface area contributed by atoms with Gasteiger partial charge >= 0.3 is 0 Å². The Kier molecular flexibility index (Phi) is 4.83. The molecule has 0 saturated carbocycles. The number of aromatic nitrogens is 2. The minimum Gasteiger partial charge on any atom is -0.349 e. The second kappa shape index (κ2) is 6.19. The Morgan fingerprint density at radius 2 is 2.53 bits per heavy atom. The summed E-state index contributed by atoms with van der Waals surface area (Å²) in [5, 5.41) is 2.79. The molecule has 5 nitrogen and oxygen atoms in total. The lowest BCUT2D eigenvalue weighted by Gasteiger charge is -2.05. The zero-order valence-electron chi connectivity index (χ0n) is 8.99. The SMILES string of the molecule is CC(N)CCCC(=O)NCc1ncc[nH]1. The van der Waals surface area contributed by atoms with Crippen molar-refractivity contribution in [2.75, 3.05) is 0 Å². The van der Waals surface area contributed by atoms with E-state index in [-0.39, 0.29) is 11.9 Å². The highest BCUT2D eigenvalue weighted by Gasteiger charge is 2.03. The third kappa shape index (κ3) is 5.17. The number of rotatable bonds is 6. The van der Waals surface area contributed by atoms with E-state index in [1.54, 1.807) is 12.4 Å². The third-order valence-electron chi connectivity index (χ3n) is 2.07. The number of nitrogens with two attached hydrogens (primary N) is 1. The van der Waals surface area contributed by atoms with Gasteiger partial charge in [0.15, 0.2) is 0 Å². The van der Waals surface area contributed by atoms with Crippen LogP contribution in [0.5, 0.6) is 0 Å². The lowest BCUT2D eigenvalue weighted by molar-refractivity contribution is -0.121. The quantitative estimate of drug-likeness (QED) is 0.641. The Morgan fingerprint density at radius 3 is 3.13 bits per heavy atom. The van der Waals surface area contributed by atoms with Crippen molar-refractivity contribution >= 4 is 5.91 Å². The highest BCUT2D eigenvalue weighted by molar-refractivity contribution is 5.75. The van der Waals surface area contributed by atoms with Gasteiger partial charge in [0, 0.05) is 24.9 Å². The molecular weight excluding hydrogens is 192 g/mol. The molecule has 0 bridgehead atoms. The third-order valence-corrected chi connectivity index (χ3v) is 2.07. The van der Waals surface area contributed by atoms with Crippen LogP contribution in [0.15, 0.2) is 12.4 Å². The molecule has 1 heterocycles. The second-order valence-electron chi connectivity index (χ2n) is 3.68. The average Bonchev–Trinajstić information content (AvgIpc) is 2.66. The standard InChI is InChI=1S/C10H18N4O/c1-8(11)3-2-4-10(15)14-7-9-12-5-6-13-9/h5-6,8H,2-4,7,11H2,1H3,(H,12,13)(H,14,15). The minimum atomic E-state index is 0.0482.